The average Bonchev–Trinajstić information content (AvgIpc) is 2.19. The molecule has 80 valence electrons. The number of ketones is 1. The Kier molecular flexibility index (Phi) is 4.88. The minimum absolute atomic E-state index is 0.328. The predicted molar refractivity (Wildman–Crippen MR) is 57.2 cm³/mol. The van der Waals surface area contributed by atoms with Gasteiger partial charge in [0.05, 0.1) is 0 Å². The van der Waals surface area contributed by atoms with Crippen molar-refractivity contribution in [2.75, 3.05) is 13.7 Å². The third kappa shape index (κ3) is 3.62. The van der Waals surface area contributed by atoms with Crippen LogP contribution in [0.25, 0.3) is 0 Å². The number of Topliss-reactive ketones (excluding diaryl/α,β-unsaturated/α-hetero) is 1. The fourth-order valence-corrected chi connectivity index (χ4v) is 1.76. The number of allylic oxidation sites excluding steroid dienone is 2. The molecule has 2 heteroatoms. The molecule has 1 aliphatic rings. The molecule has 0 aliphatic heterocycles. The topological polar surface area (TPSA) is 26.3 Å². The van der Waals surface area contributed by atoms with Crippen molar-refractivity contribution in [2.45, 2.75) is 39.0 Å². The fraction of sp³-hybridized carbons (Fsp3) is 0.750. The Morgan fingerprint density at radius 1 is 1.64 bits per heavy atom. The highest BCUT2D eigenvalue weighted by atomic mass is 16.5. The Bertz CT molecular complexity index is 218. The summed E-state index contributed by atoms with van der Waals surface area (Å²) in [5.74, 6) is 1.08. The van der Waals surface area contributed by atoms with Crippen molar-refractivity contribution in [3.05, 3.63) is 11.6 Å². The summed E-state index contributed by atoms with van der Waals surface area (Å²) in [5.41, 5.74) is 1.05. The summed E-state index contributed by atoms with van der Waals surface area (Å²) < 4.78 is 4.92. The van der Waals surface area contributed by atoms with Crippen LogP contribution in [0.2, 0.25) is 0 Å². The summed E-state index contributed by atoms with van der Waals surface area (Å²) in [6, 6.07) is 0. The largest absolute Gasteiger partial charge is 0.385 e. The summed E-state index contributed by atoms with van der Waals surface area (Å²) in [5, 5.41) is 0. The summed E-state index contributed by atoms with van der Waals surface area (Å²) in [7, 11) is 1.67. The van der Waals surface area contributed by atoms with Crippen LogP contribution in [0.1, 0.15) is 39.0 Å². The second-order valence-electron chi connectivity index (χ2n) is 4.13. The monoisotopic (exact) mass is 196 g/mol. The molecule has 14 heavy (non-hydrogen) atoms. The normalized spacial score (nSPS) is 21.9. The van der Waals surface area contributed by atoms with E-state index >= 15 is 0 Å². The maximum atomic E-state index is 11.7. The van der Waals surface area contributed by atoms with Crippen LogP contribution >= 0.6 is 0 Å². The van der Waals surface area contributed by atoms with Crippen LogP contribution in [-0.2, 0) is 9.53 Å². The first kappa shape index (κ1) is 11.4. The molecule has 0 aromatic heterocycles. The Labute approximate surface area is 86.3 Å². The SMILES string of the molecule is COCCCC(=O)C1=CCC(C)CC1. The standard InChI is InChI=1S/C12H20O2/c1-10-5-7-11(8-6-10)12(13)4-3-9-14-2/h7,10H,3-6,8-9H2,1-2H3. The van der Waals surface area contributed by atoms with Crippen LogP contribution < -0.4 is 0 Å². The maximum Gasteiger partial charge on any atom is 0.158 e. The highest BCUT2D eigenvalue weighted by Crippen LogP contribution is 2.24. The van der Waals surface area contributed by atoms with Gasteiger partial charge >= 0.3 is 0 Å². The molecule has 0 heterocycles. The fourth-order valence-electron chi connectivity index (χ4n) is 1.76. The quantitative estimate of drug-likeness (QED) is 0.632. The first-order valence-corrected chi connectivity index (χ1v) is 5.45. The van der Waals surface area contributed by atoms with E-state index in [-0.39, 0.29) is 0 Å². The average molecular weight is 196 g/mol. The zero-order valence-corrected chi connectivity index (χ0v) is 9.21. The van der Waals surface area contributed by atoms with Crippen molar-refractivity contribution < 1.29 is 9.53 Å². The van der Waals surface area contributed by atoms with Gasteiger partial charge in [-0.15, -0.1) is 0 Å². The smallest absolute Gasteiger partial charge is 0.158 e. The number of carbonyl (C=O) groups excluding carboxylic acids is 1. The molecule has 0 bridgehead atoms. The molecule has 0 N–H and O–H groups in total. The number of rotatable bonds is 5. The lowest BCUT2D eigenvalue weighted by Crippen LogP contribution is -2.10. The zero-order chi connectivity index (χ0) is 10.4. The van der Waals surface area contributed by atoms with Gasteiger partial charge in [-0.3, -0.25) is 4.79 Å². The molecule has 0 spiro atoms. The minimum Gasteiger partial charge on any atom is -0.385 e. The maximum absolute atomic E-state index is 11.7. The van der Waals surface area contributed by atoms with E-state index in [0.717, 1.165) is 30.8 Å². The first-order chi connectivity index (χ1) is 6.74. The van der Waals surface area contributed by atoms with Crippen molar-refractivity contribution >= 4 is 5.78 Å². The number of hydrogen-bond donors (Lipinski definition) is 0. The second kappa shape index (κ2) is 5.97. The number of ether oxygens (including phenoxy) is 1. The van der Waals surface area contributed by atoms with E-state index in [9.17, 15) is 4.79 Å². The predicted octanol–water partition coefficient (Wildman–Crippen LogP) is 2.73. The van der Waals surface area contributed by atoms with Gasteiger partial charge in [0.15, 0.2) is 5.78 Å². The first-order valence-electron chi connectivity index (χ1n) is 5.45. The third-order valence-corrected chi connectivity index (χ3v) is 2.78. The summed E-state index contributed by atoms with van der Waals surface area (Å²) >= 11 is 0. The van der Waals surface area contributed by atoms with Gasteiger partial charge in [-0.05, 0) is 37.2 Å². The van der Waals surface area contributed by atoms with Crippen LogP contribution in [0, 0.1) is 5.92 Å². The molecule has 0 saturated carbocycles. The van der Waals surface area contributed by atoms with Crippen molar-refractivity contribution in [1.82, 2.24) is 0 Å². The zero-order valence-electron chi connectivity index (χ0n) is 9.21. The summed E-state index contributed by atoms with van der Waals surface area (Å²) in [6.45, 7) is 2.93. The lowest BCUT2D eigenvalue weighted by molar-refractivity contribution is -0.116. The van der Waals surface area contributed by atoms with E-state index in [1.54, 1.807) is 7.11 Å². The van der Waals surface area contributed by atoms with Gasteiger partial charge < -0.3 is 4.74 Å². The molecule has 0 aromatic rings. The molecule has 1 unspecified atom stereocenters. The van der Waals surface area contributed by atoms with E-state index in [2.05, 4.69) is 13.0 Å². The minimum atomic E-state index is 0.328. The van der Waals surface area contributed by atoms with Gasteiger partial charge in [0.2, 0.25) is 0 Å². The Morgan fingerprint density at radius 2 is 2.43 bits per heavy atom. The van der Waals surface area contributed by atoms with E-state index in [0.29, 0.717) is 18.8 Å². The van der Waals surface area contributed by atoms with Crippen LogP contribution in [-0.4, -0.2) is 19.5 Å². The molecular formula is C12H20O2. The van der Waals surface area contributed by atoms with Crippen molar-refractivity contribution in [1.29, 1.82) is 0 Å². The van der Waals surface area contributed by atoms with Crippen molar-refractivity contribution in [2.24, 2.45) is 5.92 Å². The summed E-state index contributed by atoms with van der Waals surface area (Å²) in [4.78, 5) is 11.7. The molecule has 0 fully saturated rings. The van der Waals surface area contributed by atoms with Gasteiger partial charge in [0, 0.05) is 20.1 Å². The highest BCUT2D eigenvalue weighted by Gasteiger charge is 2.15. The Morgan fingerprint density at radius 3 is 3.00 bits per heavy atom. The Balaban J connectivity index is 2.30. The summed E-state index contributed by atoms with van der Waals surface area (Å²) in [6.07, 6.45) is 6.85. The van der Waals surface area contributed by atoms with E-state index < -0.39 is 0 Å². The van der Waals surface area contributed by atoms with E-state index in [4.69, 9.17) is 4.74 Å². The molecular weight excluding hydrogens is 176 g/mol. The van der Waals surface area contributed by atoms with Gasteiger partial charge in [-0.1, -0.05) is 13.0 Å². The molecule has 1 atom stereocenters. The van der Waals surface area contributed by atoms with Gasteiger partial charge in [-0.2, -0.15) is 0 Å². The molecule has 0 amide bonds. The Hall–Kier alpha value is -0.630. The van der Waals surface area contributed by atoms with Crippen molar-refractivity contribution in [3.8, 4) is 0 Å². The lowest BCUT2D eigenvalue weighted by Gasteiger charge is -2.17. The molecule has 1 aliphatic carbocycles. The van der Waals surface area contributed by atoms with Crippen LogP contribution in [0.4, 0.5) is 0 Å². The lowest BCUT2D eigenvalue weighted by atomic mass is 9.88. The van der Waals surface area contributed by atoms with Gasteiger partial charge in [0.1, 0.15) is 0 Å². The third-order valence-electron chi connectivity index (χ3n) is 2.78. The molecule has 1 rings (SSSR count). The van der Waals surface area contributed by atoms with Gasteiger partial charge in [-0.25, -0.2) is 0 Å². The van der Waals surface area contributed by atoms with E-state index in [1.807, 2.05) is 0 Å². The second-order valence-corrected chi connectivity index (χ2v) is 4.13. The molecule has 0 aromatic carbocycles. The number of methoxy groups -OCH3 is 1. The van der Waals surface area contributed by atoms with E-state index in [1.165, 1.54) is 6.42 Å². The highest BCUT2D eigenvalue weighted by molar-refractivity contribution is 5.95. The van der Waals surface area contributed by atoms with Crippen LogP contribution in [0.5, 0.6) is 0 Å². The molecule has 2 nitrogen and oxygen atoms in total. The van der Waals surface area contributed by atoms with Crippen LogP contribution in [0.3, 0.4) is 0 Å². The number of carbonyl (C=O) groups is 1. The molecule has 0 radical (unpaired) electrons. The number of hydrogen-bond acceptors (Lipinski definition) is 2. The van der Waals surface area contributed by atoms with Crippen LogP contribution in [0.15, 0.2) is 11.6 Å². The van der Waals surface area contributed by atoms with Gasteiger partial charge in [0.25, 0.3) is 0 Å². The van der Waals surface area contributed by atoms with Crippen molar-refractivity contribution in [3.63, 3.8) is 0 Å². The molecule has 0 saturated heterocycles.